The van der Waals surface area contributed by atoms with Gasteiger partial charge in [0.2, 0.25) is 5.91 Å². The monoisotopic (exact) mass is 205 g/mol. The number of nitrogens with zero attached hydrogens (tertiary/aromatic N) is 1. The van der Waals surface area contributed by atoms with E-state index in [-0.39, 0.29) is 5.91 Å². The molecule has 15 heavy (non-hydrogen) atoms. The highest BCUT2D eigenvalue weighted by Gasteiger charge is 2.17. The molecule has 1 fully saturated rings. The van der Waals surface area contributed by atoms with E-state index >= 15 is 0 Å². The number of amides is 1. The van der Waals surface area contributed by atoms with E-state index < -0.39 is 0 Å². The second-order valence-corrected chi connectivity index (χ2v) is 3.83. The van der Waals surface area contributed by atoms with Crippen LogP contribution in [0.2, 0.25) is 0 Å². The minimum Gasteiger partial charge on any atom is -0.397 e. The van der Waals surface area contributed by atoms with Gasteiger partial charge in [0.15, 0.2) is 0 Å². The van der Waals surface area contributed by atoms with Crippen LogP contribution in [0.3, 0.4) is 0 Å². The summed E-state index contributed by atoms with van der Waals surface area (Å²) in [6.45, 7) is 3.92. The van der Waals surface area contributed by atoms with E-state index in [0.717, 1.165) is 23.5 Å². The number of aryl methyl sites for hydroxylation is 1. The second-order valence-electron chi connectivity index (χ2n) is 3.83. The average molecular weight is 205 g/mol. The quantitative estimate of drug-likeness (QED) is 0.657. The summed E-state index contributed by atoms with van der Waals surface area (Å²) >= 11 is 0. The van der Waals surface area contributed by atoms with E-state index in [1.165, 1.54) is 0 Å². The molecule has 3 N–H and O–H groups in total. The van der Waals surface area contributed by atoms with Crippen molar-refractivity contribution in [3.8, 4) is 0 Å². The Kier molecular flexibility index (Phi) is 2.49. The molecule has 1 amide bonds. The van der Waals surface area contributed by atoms with Crippen LogP contribution in [-0.4, -0.2) is 25.5 Å². The van der Waals surface area contributed by atoms with Crippen LogP contribution < -0.4 is 16.0 Å². The Hall–Kier alpha value is -1.71. The maximum absolute atomic E-state index is 11.2. The van der Waals surface area contributed by atoms with E-state index in [4.69, 9.17) is 5.73 Å². The third-order valence-electron chi connectivity index (χ3n) is 2.56. The summed E-state index contributed by atoms with van der Waals surface area (Å²) in [5, 5.41) is 2.79. The maximum Gasteiger partial charge on any atom is 0.239 e. The summed E-state index contributed by atoms with van der Waals surface area (Å²) in [7, 11) is 0. The molecule has 4 nitrogen and oxygen atoms in total. The molecule has 0 atom stereocenters. The van der Waals surface area contributed by atoms with Gasteiger partial charge in [0, 0.05) is 13.1 Å². The molecular weight excluding hydrogens is 190 g/mol. The van der Waals surface area contributed by atoms with Crippen molar-refractivity contribution in [1.82, 2.24) is 5.32 Å². The highest BCUT2D eigenvalue weighted by Crippen LogP contribution is 2.24. The molecule has 4 heteroatoms. The number of rotatable bonds is 1. The van der Waals surface area contributed by atoms with Crippen molar-refractivity contribution >= 4 is 17.3 Å². The number of nitrogen functional groups attached to an aromatic ring is 1. The van der Waals surface area contributed by atoms with Crippen LogP contribution in [0.25, 0.3) is 0 Å². The summed E-state index contributed by atoms with van der Waals surface area (Å²) in [5.41, 5.74) is 8.74. The van der Waals surface area contributed by atoms with Crippen LogP contribution >= 0.6 is 0 Å². The maximum atomic E-state index is 11.2. The van der Waals surface area contributed by atoms with Gasteiger partial charge in [-0.05, 0) is 24.6 Å². The zero-order chi connectivity index (χ0) is 10.8. The second kappa shape index (κ2) is 3.81. The molecule has 0 aromatic heterocycles. The summed E-state index contributed by atoms with van der Waals surface area (Å²) in [5.74, 6) is 0.0576. The predicted molar refractivity (Wildman–Crippen MR) is 60.8 cm³/mol. The standard InChI is InChI=1S/C11H15N3O/c1-8-2-3-9(12)10(6-8)14-5-4-13-11(15)7-14/h2-3,6H,4-5,7,12H2,1H3,(H,13,15). The number of hydrogen-bond donors (Lipinski definition) is 2. The van der Waals surface area contributed by atoms with E-state index in [1.54, 1.807) is 0 Å². The molecule has 80 valence electrons. The minimum atomic E-state index is 0.0576. The largest absolute Gasteiger partial charge is 0.397 e. The molecule has 1 aromatic rings. The number of piperazine rings is 1. The smallest absolute Gasteiger partial charge is 0.239 e. The first-order valence-corrected chi connectivity index (χ1v) is 5.04. The summed E-state index contributed by atoms with van der Waals surface area (Å²) < 4.78 is 0. The van der Waals surface area contributed by atoms with Crippen molar-refractivity contribution in [1.29, 1.82) is 0 Å². The number of nitrogens with one attached hydrogen (secondary N) is 1. The van der Waals surface area contributed by atoms with Gasteiger partial charge in [-0.1, -0.05) is 6.07 Å². The molecule has 1 aromatic carbocycles. The van der Waals surface area contributed by atoms with Gasteiger partial charge in [0.25, 0.3) is 0 Å². The van der Waals surface area contributed by atoms with Crippen LogP contribution in [0, 0.1) is 6.92 Å². The number of anilines is 2. The van der Waals surface area contributed by atoms with Gasteiger partial charge in [-0.3, -0.25) is 4.79 Å². The Balaban J connectivity index is 2.27. The lowest BCUT2D eigenvalue weighted by Crippen LogP contribution is -2.47. The summed E-state index contributed by atoms with van der Waals surface area (Å²) in [6.07, 6.45) is 0. The van der Waals surface area contributed by atoms with Crippen molar-refractivity contribution in [3.63, 3.8) is 0 Å². The topological polar surface area (TPSA) is 58.4 Å². The van der Waals surface area contributed by atoms with Crippen molar-refractivity contribution in [2.45, 2.75) is 6.92 Å². The molecule has 0 saturated carbocycles. The van der Waals surface area contributed by atoms with Gasteiger partial charge >= 0.3 is 0 Å². The van der Waals surface area contributed by atoms with Crippen LogP contribution in [0.4, 0.5) is 11.4 Å². The fourth-order valence-electron chi connectivity index (χ4n) is 1.77. The molecule has 0 bridgehead atoms. The highest BCUT2D eigenvalue weighted by atomic mass is 16.2. The third-order valence-corrected chi connectivity index (χ3v) is 2.56. The minimum absolute atomic E-state index is 0.0576. The molecule has 1 saturated heterocycles. The van der Waals surface area contributed by atoms with Crippen molar-refractivity contribution < 1.29 is 4.79 Å². The summed E-state index contributed by atoms with van der Waals surface area (Å²) in [4.78, 5) is 13.3. The first-order chi connectivity index (χ1) is 7.16. The van der Waals surface area contributed by atoms with Crippen LogP contribution in [0.1, 0.15) is 5.56 Å². The Morgan fingerprint density at radius 2 is 2.27 bits per heavy atom. The number of hydrogen-bond acceptors (Lipinski definition) is 3. The van der Waals surface area contributed by atoms with Crippen molar-refractivity contribution in [2.75, 3.05) is 30.3 Å². The number of nitrogens with two attached hydrogens (primary N) is 1. The lowest BCUT2D eigenvalue weighted by Gasteiger charge is -2.29. The van der Waals surface area contributed by atoms with Crippen LogP contribution in [0.5, 0.6) is 0 Å². The van der Waals surface area contributed by atoms with Gasteiger partial charge in [-0.15, -0.1) is 0 Å². The molecule has 0 unspecified atom stereocenters. The third kappa shape index (κ3) is 2.03. The Labute approximate surface area is 89.1 Å². The van der Waals surface area contributed by atoms with E-state index in [1.807, 2.05) is 30.0 Å². The SMILES string of the molecule is Cc1ccc(N)c(N2CCNC(=O)C2)c1. The van der Waals surface area contributed by atoms with E-state index in [0.29, 0.717) is 13.1 Å². The Morgan fingerprint density at radius 1 is 1.47 bits per heavy atom. The van der Waals surface area contributed by atoms with E-state index in [9.17, 15) is 4.79 Å². The van der Waals surface area contributed by atoms with Gasteiger partial charge in [0.1, 0.15) is 0 Å². The molecule has 0 aliphatic carbocycles. The molecule has 1 heterocycles. The first kappa shape index (κ1) is 9.83. The molecule has 1 aliphatic rings. The van der Waals surface area contributed by atoms with Crippen LogP contribution in [-0.2, 0) is 4.79 Å². The fraction of sp³-hybridized carbons (Fsp3) is 0.364. The fourth-order valence-corrected chi connectivity index (χ4v) is 1.77. The Bertz CT molecular complexity index is 389. The lowest BCUT2D eigenvalue weighted by atomic mass is 10.1. The van der Waals surface area contributed by atoms with Crippen molar-refractivity contribution in [2.24, 2.45) is 0 Å². The zero-order valence-electron chi connectivity index (χ0n) is 8.79. The lowest BCUT2D eigenvalue weighted by molar-refractivity contribution is -0.120. The highest BCUT2D eigenvalue weighted by molar-refractivity contribution is 5.84. The number of carbonyl (C=O) groups excluding carboxylic acids is 1. The molecular formula is C11H15N3O. The van der Waals surface area contributed by atoms with Gasteiger partial charge in [0.05, 0.1) is 17.9 Å². The van der Waals surface area contributed by atoms with E-state index in [2.05, 4.69) is 5.32 Å². The van der Waals surface area contributed by atoms with Gasteiger partial charge in [-0.2, -0.15) is 0 Å². The first-order valence-electron chi connectivity index (χ1n) is 5.04. The summed E-state index contributed by atoms with van der Waals surface area (Å²) in [6, 6.07) is 5.88. The normalized spacial score (nSPS) is 16.3. The molecule has 1 aliphatic heterocycles. The van der Waals surface area contributed by atoms with Crippen LogP contribution in [0.15, 0.2) is 18.2 Å². The molecule has 0 spiro atoms. The average Bonchev–Trinajstić information content (AvgIpc) is 2.22. The molecule has 0 radical (unpaired) electrons. The van der Waals surface area contributed by atoms with Gasteiger partial charge in [-0.25, -0.2) is 0 Å². The number of carbonyl (C=O) groups is 1. The van der Waals surface area contributed by atoms with Gasteiger partial charge < -0.3 is 16.0 Å². The Morgan fingerprint density at radius 3 is 3.00 bits per heavy atom. The molecule has 2 rings (SSSR count). The predicted octanol–water partition coefficient (Wildman–Crippen LogP) is 0.513. The number of benzene rings is 1. The zero-order valence-corrected chi connectivity index (χ0v) is 8.79. The van der Waals surface area contributed by atoms with Crippen molar-refractivity contribution in [3.05, 3.63) is 23.8 Å².